The van der Waals surface area contributed by atoms with Crippen LogP contribution in [0.15, 0.2) is 54.6 Å². The average Bonchev–Trinajstić information content (AvgIpc) is 2.96. The Bertz CT molecular complexity index is 762. The van der Waals surface area contributed by atoms with E-state index in [1.807, 2.05) is 11.0 Å². The lowest BCUT2D eigenvalue weighted by Gasteiger charge is -2.28. The predicted octanol–water partition coefficient (Wildman–Crippen LogP) is 3.52. The molecule has 0 radical (unpaired) electrons. The molecule has 1 fully saturated rings. The lowest BCUT2D eigenvalue weighted by atomic mass is 10.0. The summed E-state index contributed by atoms with van der Waals surface area (Å²) in [7, 11) is 4.12. The monoisotopic (exact) mass is 380 g/mol. The van der Waals surface area contributed by atoms with Gasteiger partial charge in [-0.15, -0.1) is 0 Å². The number of nitrogens with zero attached hydrogens (tertiary/aromatic N) is 3. The van der Waals surface area contributed by atoms with Crippen LogP contribution in [0.3, 0.4) is 0 Å². The number of carbonyl (C=O) groups excluding carboxylic acids is 1. The van der Waals surface area contributed by atoms with E-state index in [0.717, 1.165) is 32.6 Å². The molecule has 0 saturated carbocycles. The van der Waals surface area contributed by atoms with Gasteiger partial charge in [0.1, 0.15) is 0 Å². The van der Waals surface area contributed by atoms with Gasteiger partial charge >= 0.3 is 6.03 Å². The second-order valence-corrected chi connectivity index (χ2v) is 7.69. The molecular weight excluding hydrogens is 348 g/mol. The van der Waals surface area contributed by atoms with Crippen LogP contribution < -0.4 is 10.2 Å². The zero-order chi connectivity index (χ0) is 19.9. The van der Waals surface area contributed by atoms with Crippen molar-refractivity contribution in [2.45, 2.75) is 19.4 Å². The van der Waals surface area contributed by atoms with E-state index < -0.39 is 0 Å². The molecule has 5 heteroatoms. The highest BCUT2D eigenvalue weighted by Gasteiger charge is 2.22. The normalized spacial score (nSPS) is 16.0. The summed E-state index contributed by atoms with van der Waals surface area (Å²) >= 11 is 0. The van der Waals surface area contributed by atoms with Crippen LogP contribution >= 0.6 is 0 Å². The van der Waals surface area contributed by atoms with Gasteiger partial charge in [0.25, 0.3) is 0 Å². The summed E-state index contributed by atoms with van der Waals surface area (Å²) in [4.78, 5) is 19.3. The van der Waals surface area contributed by atoms with E-state index in [-0.39, 0.29) is 12.1 Å². The second-order valence-electron chi connectivity index (χ2n) is 7.69. The number of hydrogen-bond acceptors (Lipinski definition) is 3. The van der Waals surface area contributed by atoms with Crippen molar-refractivity contribution >= 4 is 11.7 Å². The van der Waals surface area contributed by atoms with Crippen molar-refractivity contribution < 1.29 is 4.79 Å². The number of benzene rings is 2. The van der Waals surface area contributed by atoms with E-state index in [0.29, 0.717) is 6.54 Å². The molecule has 1 aliphatic rings. The van der Waals surface area contributed by atoms with E-state index >= 15 is 0 Å². The maximum absolute atomic E-state index is 12.8. The summed E-state index contributed by atoms with van der Waals surface area (Å²) in [5, 5.41) is 3.17. The Kier molecular flexibility index (Phi) is 6.93. The highest BCUT2D eigenvalue weighted by Crippen LogP contribution is 2.21. The van der Waals surface area contributed by atoms with Gasteiger partial charge in [0.05, 0.1) is 6.04 Å². The first-order valence-corrected chi connectivity index (χ1v) is 10.1. The lowest BCUT2D eigenvalue weighted by Crippen LogP contribution is -2.44. The molecule has 0 spiro atoms. The van der Waals surface area contributed by atoms with Crippen molar-refractivity contribution in [1.82, 2.24) is 15.1 Å². The number of amides is 2. The van der Waals surface area contributed by atoms with Crippen molar-refractivity contribution in [3.05, 3.63) is 65.7 Å². The number of anilines is 1. The Balaban J connectivity index is 1.57. The molecule has 3 rings (SSSR count). The van der Waals surface area contributed by atoms with Crippen LogP contribution in [0.25, 0.3) is 0 Å². The third-order valence-corrected chi connectivity index (χ3v) is 5.52. The third kappa shape index (κ3) is 5.04. The summed E-state index contributed by atoms with van der Waals surface area (Å²) in [6.45, 7) is 6.13. The minimum absolute atomic E-state index is 0.0374. The van der Waals surface area contributed by atoms with Gasteiger partial charge in [-0.2, -0.15) is 0 Å². The largest absolute Gasteiger partial charge is 0.370 e. The van der Waals surface area contributed by atoms with Crippen LogP contribution in [0.2, 0.25) is 0 Å². The molecule has 0 aliphatic carbocycles. The fourth-order valence-electron chi connectivity index (χ4n) is 3.84. The van der Waals surface area contributed by atoms with Crippen LogP contribution in [0.5, 0.6) is 0 Å². The van der Waals surface area contributed by atoms with Crippen molar-refractivity contribution in [1.29, 1.82) is 0 Å². The molecule has 1 heterocycles. The van der Waals surface area contributed by atoms with Crippen LogP contribution in [0.1, 0.15) is 23.6 Å². The SMILES string of the molecule is Cc1ccccc1C(CNC(=O)N1CCCN(c2ccccc2)CC1)N(C)C. The van der Waals surface area contributed by atoms with Gasteiger partial charge in [0, 0.05) is 38.4 Å². The third-order valence-electron chi connectivity index (χ3n) is 5.52. The number of rotatable bonds is 5. The van der Waals surface area contributed by atoms with Crippen LogP contribution in [0, 0.1) is 6.92 Å². The molecule has 150 valence electrons. The zero-order valence-corrected chi connectivity index (χ0v) is 17.3. The van der Waals surface area contributed by atoms with Crippen molar-refractivity contribution in [2.24, 2.45) is 0 Å². The summed E-state index contributed by atoms with van der Waals surface area (Å²) < 4.78 is 0. The molecule has 0 bridgehead atoms. The summed E-state index contributed by atoms with van der Waals surface area (Å²) in [6, 6.07) is 19.0. The molecule has 28 heavy (non-hydrogen) atoms. The number of nitrogens with one attached hydrogen (secondary N) is 1. The Morgan fingerprint density at radius 2 is 1.71 bits per heavy atom. The van der Waals surface area contributed by atoms with Crippen molar-refractivity contribution in [2.75, 3.05) is 51.7 Å². The van der Waals surface area contributed by atoms with Crippen LogP contribution in [-0.4, -0.2) is 62.7 Å². The molecule has 2 aromatic carbocycles. The Morgan fingerprint density at radius 1 is 1.00 bits per heavy atom. The number of para-hydroxylation sites is 1. The topological polar surface area (TPSA) is 38.8 Å². The van der Waals surface area contributed by atoms with Crippen LogP contribution in [-0.2, 0) is 0 Å². The molecule has 1 atom stereocenters. The fourth-order valence-corrected chi connectivity index (χ4v) is 3.84. The minimum Gasteiger partial charge on any atom is -0.370 e. The Labute approximate surface area is 168 Å². The van der Waals surface area contributed by atoms with Gasteiger partial charge in [0.15, 0.2) is 0 Å². The fraction of sp³-hybridized carbons (Fsp3) is 0.435. The maximum atomic E-state index is 12.8. The molecule has 1 unspecified atom stereocenters. The number of carbonyl (C=O) groups is 1. The summed E-state index contributed by atoms with van der Waals surface area (Å²) in [5.41, 5.74) is 3.75. The second kappa shape index (κ2) is 9.60. The van der Waals surface area contributed by atoms with E-state index in [2.05, 4.69) is 84.7 Å². The van der Waals surface area contributed by atoms with E-state index in [1.54, 1.807) is 0 Å². The summed E-state index contributed by atoms with van der Waals surface area (Å²) in [6.07, 6.45) is 0.983. The first kappa shape index (κ1) is 20.2. The Morgan fingerprint density at radius 3 is 2.43 bits per heavy atom. The quantitative estimate of drug-likeness (QED) is 0.863. The van der Waals surface area contributed by atoms with E-state index in [4.69, 9.17) is 0 Å². The average molecular weight is 381 g/mol. The first-order valence-electron chi connectivity index (χ1n) is 10.1. The van der Waals surface area contributed by atoms with Gasteiger partial charge in [-0.3, -0.25) is 0 Å². The standard InChI is InChI=1S/C23H32N4O/c1-19-10-7-8-13-21(19)22(25(2)3)18-24-23(28)27-15-9-14-26(16-17-27)20-11-5-4-6-12-20/h4-8,10-13,22H,9,14-18H2,1-3H3,(H,24,28). The number of urea groups is 1. The molecule has 1 saturated heterocycles. The summed E-state index contributed by atoms with van der Waals surface area (Å²) in [5.74, 6) is 0. The van der Waals surface area contributed by atoms with Crippen molar-refractivity contribution in [3.8, 4) is 0 Å². The van der Waals surface area contributed by atoms with Crippen molar-refractivity contribution in [3.63, 3.8) is 0 Å². The predicted molar refractivity (Wildman–Crippen MR) is 116 cm³/mol. The lowest BCUT2D eigenvalue weighted by molar-refractivity contribution is 0.195. The molecule has 1 N–H and O–H groups in total. The maximum Gasteiger partial charge on any atom is 0.317 e. The molecule has 2 aromatic rings. The van der Waals surface area contributed by atoms with Gasteiger partial charge in [-0.05, 0) is 50.7 Å². The first-order chi connectivity index (χ1) is 13.6. The highest BCUT2D eigenvalue weighted by molar-refractivity contribution is 5.74. The van der Waals surface area contributed by atoms with E-state index in [1.165, 1.54) is 16.8 Å². The molecule has 5 nitrogen and oxygen atoms in total. The number of aryl methyl sites for hydroxylation is 1. The van der Waals surface area contributed by atoms with Gasteiger partial charge in [-0.1, -0.05) is 42.5 Å². The van der Waals surface area contributed by atoms with Crippen LogP contribution in [0.4, 0.5) is 10.5 Å². The zero-order valence-electron chi connectivity index (χ0n) is 17.3. The molecular formula is C23H32N4O. The molecule has 0 aromatic heterocycles. The van der Waals surface area contributed by atoms with Gasteiger partial charge in [-0.25, -0.2) is 4.79 Å². The Hall–Kier alpha value is -2.53. The van der Waals surface area contributed by atoms with Gasteiger partial charge in [0.2, 0.25) is 0 Å². The smallest absolute Gasteiger partial charge is 0.317 e. The number of likely N-dealkylation sites (N-methyl/N-ethyl adjacent to an activating group) is 1. The highest BCUT2D eigenvalue weighted by atomic mass is 16.2. The van der Waals surface area contributed by atoms with E-state index in [9.17, 15) is 4.79 Å². The van der Waals surface area contributed by atoms with Gasteiger partial charge < -0.3 is 20.0 Å². The molecule has 2 amide bonds. The molecule has 1 aliphatic heterocycles. The minimum atomic E-state index is 0.0374. The number of hydrogen-bond donors (Lipinski definition) is 1.